The Morgan fingerprint density at radius 1 is 1.26 bits per heavy atom. The molecule has 0 bridgehead atoms. The summed E-state index contributed by atoms with van der Waals surface area (Å²) in [7, 11) is 0. The van der Waals surface area contributed by atoms with Gasteiger partial charge < -0.3 is 19.5 Å². The van der Waals surface area contributed by atoms with Crippen molar-refractivity contribution < 1.29 is 41.9 Å². The van der Waals surface area contributed by atoms with Crippen molar-refractivity contribution in [2.45, 2.75) is 58.7 Å². The van der Waals surface area contributed by atoms with Crippen LogP contribution in [-0.4, -0.2) is 66.0 Å². The van der Waals surface area contributed by atoms with E-state index in [0.29, 0.717) is 25.6 Å². The van der Waals surface area contributed by atoms with E-state index in [9.17, 15) is 32.9 Å². The molecular formula is C21H28F3N3O7. The second-order valence-electron chi connectivity index (χ2n) is 8.69. The molecule has 1 heterocycles. The van der Waals surface area contributed by atoms with E-state index in [2.05, 4.69) is 10.1 Å². The van der Waals surface area contributed by atoms with Gasteiger partial charge in [0.2, 0.25) is 0 Å². The van der Waals surface area contributed by atoms with Gasteiger partial charge in [0.25, 0.3) is 5.69 Å². The lowest BCUT2D eigenvalue weighted by Gasteiger charge is -2.21. The molecule has 1 fully saturated rings. The quantitative estimate of drug-likeness (QED) is 0.315. The number of nitro groups is 1. The second-order valence-corrected chi connectivity index (χ2v) is 8.69. The van der Waals surface area contributed by atoms with Crippen LogP contribution >= 0.6 is 0 Å². The molecule has 0 aliphatic carbocycles. The maximum absolute atomic E-state index is 13.0. The summed E-state index contributed by atoms with van der Waals surface area (Å²) in [5.41, 5.74) is -2.04. The maximum atomic E-state index is 13.0. The zero-order valence-electron chi connectivity index (χ0n) is 19.4. The van der Waals surface area contributed by atoms with Gasteiger partial charge in [0.05, 0.1) is 18.1 Å². The van der Waals surface area contributed by atoms with Crippen molar-refractivity contribution in [3.8, 4) is 5.75 Å². The van der Waals surface area contributed by atoms with Crippen LogP contribution in [0, 0.1) is 10.1 Å². The van der Waals surface area contributed by atoms with E-state index in [-0.39, 0.29) is 31.3 Å². The van der Waals surface area contributed by atoms with E-state index in [1.165, 1.54) is 6.92 Å². The Kier molecular flexibility index (Phi) is 8.83. The van der Waals surface area contributed by atoms with E-state index in [4.69, 9.17) is 9.47 Å². The van der Waals surface area contributed by atoms with Gasteiger partial charge >= 0.3 is 18.3 Å². The lowest BCUT2D eigenvalue weighted by Crippen LogP contribution is -2.38. The molecule has 0 spiro atoms. The number of nitrogens with zero attached hydrogens (tertiary/aromatic N) is 2. The van der Waals surface area contributed by atoms with Crippen LogP contribution in [0.3, 0.4) is 0 Å². The number of hydrogen-bond acceptors (Lipinski definition) is 9. The highest BCUT2D eigenvalue weighted by atomic mass is 19.4. The number of benzene rings is 1. The largest absolute Gasteiger partial charge is 0.573 e. The lowest BCUT2D eigenvalue weighted by molar-refractivity contribution is -0.385. The minimum absolute atomic E-state index is 0.0298. The summed E-state index contributed by atoms with van der Waals surface area (Å²) in [4.78, 5) is 36.3. The summed E-state index contributed by atoms with van der Waals surface area (Å²) >= 11 is 0. The third kappa shape index (κ3) is 8.45. The number of rotatable bonds is 9. The molecule has 10 nitrogen and oxygen atoms in total. The van der Waals surface area contributed by atoms with Crippen molar-refractivity contribution in [2.75, 3.05) is 26.2 Å². The van der Waals surface area contributed by atoms with E-state index in [1.54, 1.807) is 25.7 Å². The Bertz CT molecular complexity index is 916. The van der Waals surface area contributed by atoms with E-state index < -0.39 is 45.8 Å². The third-order valence-electron chi connectivity index (χ3n) is 4.72. The molecule has 0 unspecified atom stereocenters. The molecule has 1 atom stereocenters. The standard InChI is InChI=1S/C21H28F3N3O7/c1-5-32-19(29)15-9-17(33-21(22,23)24)13(8-16(15)27(30)31)11-26-7-6-14(12-26)25-10-18(28)34-20(2,3)4/h8-9,14,25H,5-7,10-12H2,1-4H3/t14-/m1/s1. The maximum Gasteiger partial charge on any atom is 0.573 e. The molecule has 2 rings (SSSR count). The molecule has 1 aliphatic heterocycles. The van der Waals surface area contributed by atoms with Crippen LogP contribution in [0.4, 0.5) is 18.9 Å². The minimum atomic E-state index is -5.07. The second kappa shape index (κ2) is 11.0. The highest BCUT2D eigenvalue weighted by Crippen LogP contribution is 2.34. The lowest BCUT2D eigenvalue weighted by atomic mass is 10.1. The van der Waals surface area contributed by atoms with Gasteiger partial charge in [-0.05, 0) is 34.1 Å². The highest BCUT2D eigenvalue weighted by Gasteiger charge is 2.35. The Hall–Kier alpha value is -2.93. The molecule has 1 aromatic rings. The van der Waals surface area contributed by atoms with Crippen molar-refractivity contribution in [1.29, 1.82) is 0 Å². The van der Waals surface area contributed by atoms with Crippen molar-refractivity contribution in [3.63, 3.8) is 0 Å². The summed E-state index contributed by atoms with van der Waals surface area (Å²) in [6.07, 6.45) is -4.47. The SMILES string of the molecule is CCOC(=O)c1cc(OC(F)(F)F)c(CN2CC[C@@H](NCC(=O)OC(C)(C)C)C2)cc1[N+](=O)[O-]. The van der Waals surface area contributed by atoms with Crippen LogP contribution in [0.2, 0.25) is 0 Å². The average Bonchev–Trinajstić information content (AvgIpc) is 3.12. The van der Waals surface area contributed by atoms with Gasteiger partial charge in [-0.25, -0.2) is 4.79 Å². The summed E-state index contributed by atoms with van der Waals surface area (Å²) in [5, 5.41) is 14.5. The van der Waals surface area contributed by atoms with E-state index in [1.807, 2.05) is 0 Å². The molecule has 0 radical (unpaired) electrons. The molecule has 0 amide bonds. The third-order valence-corrected chi connectivity index (χ3v) is 4.72. The van der Waals surface area contributed by atoms with Crippen molar-refractivity contribution >= 4 is 17.6 Å². The first-order valence-corrected chi connectivity index (χ1v) is 10.6. The topological polar surface area (TPSA) is 120 Å². The first-order valence-electron chi connectivity index (χ1n) is 10.6. The number of hydrogen-bond donors (Lipinski definition) is 1. The monoisotopic (exact) mass is 491 g/mol. The molecule has 13 heteroatoms. The molecule has 0 saturated carbocycles. The Morgan fingerprint density at radius 2 is 1.94 bits per heavy atom. The molecule has 0 aromatic heterocycles. The summed E-state index contributed by atoms with van der Waals surface area (Å²) < 4.78 is 53.0. The Balaban J connectivity index is 2.19. The van der Waals surface area contributed by atoms with Crippen LogP contribution in [0.15, 0.2) is 12.1 Å². The fourth-order valence-corrected chi connectivity index (χ4v) is 3.47. The molecule has 190 valence electrons. The normalized spacial score (nSPS) is 16.9. The number of esters is 2. The zero-order chi connectivity index (χ0) is 25.7. The fourth-order valence-electron chi connectivity index (χ4n) is 3.47. The zero-order valence-corrected chi connectivity index (χ0v) is 19.4. The minimum Gasteiger partial charge on any atom is -0.462 e. The first kappa shape index (κ1) is 27.3. The molecule has 1 N–H and O–H groups in total. The van der Waals surface area contributed by atoms with Crippen LogP contribution in [0.5, 0.6) is 5.75 Å². The van der Waals surface area contributed by atoms with Gasteiger partial charge in [-0.15, -0.1) is 13.2 Å². The van der Waals surface area contributed by atoms with Crippen molar-refractivity contribution in [2.24, 2.45) is 0 Å². The number of halogens is 3. The van der Waals surface area contributed by atoms with Gasteiger partial charge in [0.1, 0.15) is 16.9 Å². The smallest absolute Gasteiger partial charge is 0.462 e. The number of alkyl halides is 3. The number of likely N-dealkylation sites (tertiary alicyclic amines) is 1. The Morgan fingerprint density at radius 3 is 2.50 bits per heavy atom. The molecule has 1 aliphatic rings. The average molecular weight is 491 g/mol. The van der Waals surface area contributed by atoms with Gasteiger partial charge in [-0.3, -0.25) is 19.8 Å². The number of ether oxygens (including phenoxy) is 3. The van der Waals surface area contributed by atoms with Gasteiger partial charge in [-0.2, -0.15) is 0 Å². The van der Waals surface area contributed by atoms with Crippen LogP contribution in [-0.2, 0) is 20.8 Å². The van der Waals surface area contributed by atoms with Crippen molar-refractivity contribution in [1.82, 2.24) is 10.2 Å². The van der Waals surface area contributed by atoms with Gasteiger partial charge in [-0.1, -0.05) is 0 Å². The molecule has 1 aromatic carbocycles. The number of carbonyl (C=O) groups excluding carboxylic acids is 2. The predicted octanol–water partition coefficient (Wildman–Crippen LogP) is 3.18. The van der Waals surface area contributed by atoms with Crippen LogP contribution in [0.25, 0.3) is 0 Å². The van der Waals surface area contributed by atoms with E-state index >= 15 is 0 Å². The first-order chi connectivity index (χ1) is 15.7. The summed E-state index contributed by atoms with van der Waals surface area (Å²) in [6.45, 7) is 7.30. The number of nitrogens with one attached hydrogen (secondary N) is 1. The molecular weight excluding hydrogens is 463 g/mol. The molecule has 1 saturated heterocycles. The van der Waals surface area contributed by atoms with Crippen LogP contribution < -0.4 is 10.1 Å². The molecule has 34 heavy (non-hydrogen) atoms. The van der Waals surface area contributed by atoms with Gasteiger partial charge in [0, 0.05) is 43.4 Å². The summed E-state index contributed by atoms with van der Waals surface area (Å²) in [6, 6.07) is 1.45. The van der Waals surface area contributed by atoms with Crippen molar-refractivity contribution in [3.05, 3.63) is 33.4 Å². The highest BCUT2D eigenvalue weighted by molar-refractivity contribution is 5.94. The van der Waals surface area contributed by atoms with Gasteiger partial charge in [0.15, 0.2) is 0 Å². The predicted molar refractivity (Wildman–Crippen MR) is 113 cm³/mol. The fraction of sp³-hybridized carbons (Fsp3) is 0.619. The van der Waals surface area contributed by atoms with Crippen LogP contribution in [0.1, 0.15) is 50.0 Å². The summed E-state index contributed by atoms with van der Waals surface area (Å²) in [5.74, 6) is -2.27. The Labute approximate surface area is 194 Å². The van der Waals surface area contributed by atoms with E-state index in [0.717, 1.165) is 6.07 Å². The number of carbonyl (C=O) groups is 2. The number of nitro benzene ring substituents is 1.